The van der Waals surface area contributed by atoms with Crippen LogP contribution in [0.25, 0.3) is 0 Å². The Morgan fingerprint density at radius 1 is 1.37 bits per heavy atom. The molecule has 0 bridgehead atoms. The first kappa shape index (κ1) is 16.2. The maximum absolute atomic E-state index is 12.4. The van der Waals surface area contributed by atoms with Gasteiger partial charge in [0.25, 0.3) is 0 Å². The topological polar surface area (TPSA) is 70.2 Å². The zero-order valence-electron chi connectivity index (χ0n) is 11.5. The SMILES string of the molecule is CCC1(C(=O)NC2CCCCNC2=O)CCCN1.Cl. The third kappa shape index (κ3) is 3.60. The molecule has 2 atom stereocenters. The summed E-state index contributed by atoms with van der Waals surface area (Å²) in [5.41, 5.74) is -0.452. The number of nitrogens with one attached hydrogen (secondary N) is 3. The van der Waals surface area contributed by atoms with E-state index >= 15 is 0 Å². The van der Waals surface area contributed by atoms with Crippen molar-refractivity contribution in [2.75, 3.05) is 13.1 Å². The summed E-state index contributed by atoms with van der Waals surface area (Å²) in [7, 11) is 0. The van der Waals surface area contributed by atoms with Gasteiger partial charge in [-0.05, 0) is 45.1 Å². The van der Waals surface area contributed by atoms with Crippen LogP contribution in [-0.4, -0.2) is 36.5 Å². The Morgan fingerprint density at radius 3 is 2.79 bits per heavy atom. The molecule has 2 fully saturated rings. The minimum atomic E-state index is -0.452. The van der Waals surface area contributed by atoms with Gasteiger partial charge in [-0.15, -0.1) is 12.4 Å². The Hall–Kier alpha value is -0.810. The number of hydrogen-bond donors (Lipinski definition) is 3. The summed E-state index contributed by atoms with van der Waals surface area (Å²) in [6.07, 6.45) is 5.39. The van der Waals surface area contributed by atoms with E-state index in [1.54, 1.807) is 0 Å². The largest absolute Gasteiger partial charge is 0.354 e. The molecule has 19 heavy (non-hydrogen) atoms. The lowest BCUT2D eigenvalue weighted by Gasteiger charge is -2.28. The van der Waals surface area contributed by atoms with Crippen molar-refractivity contribution in [2.45, 2.75) is 57.0 Å². The average molecular weight is 290 g/mol. The zero-order valence-corrected chi connectivity index (χ0v) is 12.3. The monoisotopic (exact) mass is 289 g/mol. The first-order chi connectivity index (χ1) is 8.68. The van der Waals surface area contributed by atoms with Gasteiger partial charge in [-0.2, -0.15) is 0 Å². The second-order valence-corrected chi connectivity index (χ2v) is 5.28. The van der Waals surface area contributed by atoms with Crippen LogP contribution in [0.2, 0.25) is 0 Å². The van der Waals surface area contributed by atoms with Gasteiger partial charge in [0.2, 0.25) is 11.8 Å². The van der Waals surface area contributed by atoms with Crippen LogP contribution in [0.5, 0.6) is 0 Å². The molecule has 0 aromatic rings. The maximum atomic E-state index is 12.4. The molecule has 2 saturated heterocycles. The molecule has 0 aromatic heterocycles. The summed E-state index contributed by atoms with van der Waals surface area (Å²) in [4.78, 5) is 24.2. The van der Waals surface area contributed by atoms with Crippen LogP contribution in [-0.2, 0) is 9.59 Å². The van der Waals surface area contributed by atoms with E-state index in [1.165, 1.54) is 0 Å². The normalized spacial score (nSPS) is 31.0. The number of carbonyl (C=O) groups excluding carboxylic acids is 2. The van der Waals surface area contributed by atoms with Crippen molar-refractivity contribution in [2.24, 2.45) is 0 Å². The Bertz CT molecular complexity index is 330. The molecule has 0 radical (unpaired) electrons. The van der Waals surface area contributed by atoms with E-state index in [9.17, 15) is 9.59 Å². The van der Waals surface area contributed by atoms with E-state index in [0.717, 1.165) is 51.6 Å². The van der Waals surface area contributed by atoms with Gasteiger partial charge < -0.3 is 16.0 Å². The molecule has 0 aliphatic carbocycles. The van der Waals surface area contributed by atoms with Crippen molar-refractivity contribution >= 4 is 24.2 Å². The van der Waals surface area contributed by atoms with Crippen molar-refractivity contribution in [3.8, 4) is 0 Å². The molecule has 0 aromatic carbocycles. The van der Waals surface area contributed by atoms with Crippen LogP contribution < -0.4 is 16.0 Å². The third-order valence-electron chi connectivity index (χ3n) is 4.12. The van der Waals surface area contributed by atoms with E-state index in [0.29, 0.717) is 0 Å². The van der Waals surface area contributed by atoms with E-state index < -0.39 is 5.54 Å². The highest BCUT2D eigenvalue weighted by molar-refractivity contribution is 5.92. The number of rotatable bonds is 3. The van der Waals surface area contributed by atoms with Crippen molar-refractivity contribution < 1.29 is 9.59 Å². The minimum Gasteiger partial charge on any atom is -0.354 e. The molecular weight excluding hydrogens is 266 g/mol. The molecule has 6 heteroatoms. The number of carbonyl (C=O) groups is 2. The van der Waals surface area contributed by atoms with Gasteiger partial charge in [-0.25, -0.2) is 0 Å². The minimum absolute atomic E-state index is 0. The first-order valence-corrected chi connectivity index (χ1v) is 7.02. The molecule has 2 heterocycles. The lowest BCUT2D eigenvalue weighted by molar-refractivity contribution is -0.132. The lowest BCUT2D eigenvalue weighted by atomic mass is 9.92. The Kier molecular flexibility index (Phi) is 6.07. The molecule has 2 rings (SSSR count). The van der Waals surface area contributed by atoms with Gasteiger partial charge in [0.1, 0.15) is 6.04 Å². The summed E-state index contributed by atoms with van der Waals surface area (Å²) in [6.45, 7) is 3.63. The first-order valence-electron chi connectivity index (χ1n) is 7.02. The summed E-state index contributed by atoms with van der Waals surface area (Å²) < 4.78 is 0. The lowest BCUT2D eigenvalue weighted by Crippen LogP contribution is -2.57. The molecule has 2 amide bonds. The van der Waals surface area contributed by atoms with Gasteiger partial charge in [-0.1, -0.05) is 6.92 Å². The molecule has 110 valence electrons. The second-order valence-electron chi connectivity index (χ2n) is 5.28. The van der Waals surface area contributed by atoms with Gasteiger partial charge in [0.05, 0.1) is 5.54 Å². The summed E-state index contributed by atoms with van der Waals surface area (Å²) in [5, 5.41) is 9.07. The van der Waals surface area contributed by atoms with Gasteiger partial charge in [0, 0.05) is 6.54 Å². The molecule has 2 aliphatic heterocycles. The van der Waals surface area contributed by atoms with Gasteiger partial charge in [-0.3, -0.25) is 9.59 Å². The quantitative estimate of drug-likeness (QED) is 0.717. The summed E-state index contributed by atoms with van der Waals surface area (Å²) in [5.74, 6) is -0.0466. The molecule has 0 saturated carbocycles. The standard InChI is InChI=1S/C13H23N3O2.ClH/c1-2-13(7-5-9-15-13)12(18)16-10-6-3-4-8-14-11(10)17;/h10,15H,2-9H2,1H3,(H,14,17)(H,16,18);1H. The molecular formula is C13H24ClN3O2. The highest BCUT2D eigenvalue weighted by Crippen LogP contribution is 2.23. The number of halogens is 1. The maximum Gasteiger partial charge on any atom is 0.242 e. The molecule has 2 aliphatic rings. The predicted molar refractivity (Wildman–Crippen MR) is 76.3 cm³/mol. The van der Waals surface area contributed by atoms with Crippen LogP contribution in [0.3, 0.4) is 0 Å². The van der Waals surface area contributed by atoms with Crippen molar-refractivity contribution in [3.05, 3.63) is 0 Å². The van der Waals surface area contributed by atoms with E-state index in [-0.39, 0.29) is 30.3 Å². The molecule has 2 unspecified atom stereocenters. The molecule has 5 nitrogen and oxygen atoms in total. The fourth-order valence-electron chi connectivity index (χ4n) is 2.84. The summed E-state index contributed by atoms with van der Waals surface area (Å²) >= 11 is 0. The van der Waals surface area contributed by atoms with Crippen LogP contribution in [0.15, 0.2) is 0 Å². The smallest absolute Gasteiger partial charge is 0.242 e. The van der Waals surface area contributed by atoms with Gasteiger partial charge >= 0.3 is 0 Å². The highest BCUT2D eigenvalue weighted by Gasteiger charge is 2.40. The van der Waals surface area contributed by atoms with E-state index in [4.69, 9.17) is 0 Å². The fraction of sp³-hybridized carbons (Fsp3) is 0.846. The highest BCUT2D eigenvalue weighted by atomic mass is 35.5. The van der Waals surface area contributed by atoms with Crippen LogP contribution >= 0.6 is 12.4 Å². The number of amides is 2. The predicted octanol–water partition coefficient (Wildman–Crippen LogP) is 0.725. The van der Waals surface area contributed by atoms with Crippen LogP contribution in [0.4, 0.5) is 0 Å². The van der Waals surface area contributed by atoms with Crippen molar-refractivity contribution in [1.82, 2.24) is 16.0 Å². The summed E-state index contributed by atoms with van der Waals surface area (Å²) in [6, 6.07) is -0.356. The van der Waals surface area contributed by atoms with Crippen LogP contribution in [0.1, 0.15) is 45.4 Å². The van der Waals surface area contributed by atoms with Crippen molar-refractivity contribution in [1.29, 1.82) is 0 Å². The Morgan fingerprint density at radius 2 is 2.16 bits per heavy atom. The fourth-order valence-corrected chi connectivity index (χ4v) is 2.84. The zero-order chi connectivity index (χ0) is 13.0. The molecule has 0 spiro atoms. The average Bonchev–Trinajstić information content (AvgIpc) is 2.78. The van der Waals surface area contributed by atoms with E-state index in [1.807, 2.05) is 6.92 Å². The molecule has 3 N–H and O–H groups in total. The Labute approximate surface area is 120 Å². The number of hydrogen-bond acceptors (Lipinski definition) is 3. The van der Waals surface area contributed by atoms with Gasteiger partial charge in [0.15, 0.2) is 0 Å². The van der Waals surface area contributed by atoms with Crippen LogP contribution in [0, 0.1) is 0 Å². The van der Waals surface area contributed by atoms with Crippen molar-refractivity contribution in [3.63, 3.8) is 0 Å². The third-order valence-corrected chi connectivity index (χ3v) is 4.12. The Balaban J connectivity index is 0.00000180. The second kappa shape index (κ2) is 7.10. The van der Waals surface area contributed by atoms with E-state index in [2.05, 4.69) is 16.0 Å².